The van der Waals surface area contributed by atoms with Gasteiger partial charge in [-0.25, -0.2) is 0 Å². The molecule has 0 aromatic carbocycles. The van der Waals surface area contributed by atoms with Gasteiger partial charge in [-0.3, -0.25) is 9.59 Å². The molecule has 2 unspecified atom stereocenters. The molecule has 84 valence electrons. The summed E-state index contributed by atoms with van der Waals surface area (Å²) in [5.41, 5.74) is 0. The summed E-state index contributed by atoms with van der Waals surface area (Å²) in [6.07, 6.45) is 2.69. The van der Waals surface area contributed by atoms with Gasteiger partial charge in [-0.05, 0) is 18.8 Å². The molecule has 2 amide bonds. The topological polar surface area (TPSA) is 49.4 Å². The van der Waals surface area contributed by atoms with Crippen LogP contribution in [0.1, 0.15) is 26.2 Å². The zero-order chi connectivity index (χ0) is 10.8. The van der Waals surface area contributed by atoms with Crippen LogP contribution in [0.5, 0.6) is 0 Å². The quantitative estimate of drug-likeness (QED) is 0.680. The van der Waals surface area contributed by atoms with Crippen LogP contribution in [-0.4, -0.2) is 36.3 Å². The molecule has 0 spiro atoms. The summed E-state index contributed by atoms with van der Waals surface area (Å²) in [6.45, 7) is 4.44. The Morgan fingerprint density at radius 1 is 1.53 bits per heavy atom. The number of carbonyl (C=O) groups is 2. The number of likely N-dealkylation sites (tertiary alicyclic amines) is 1. The van der Waals surface area contributed by atoms with Gasteiger partial charge in [0.05, 0.1) is 5.92 Å². The second-order valence-electron chi connectivity index (χ2n) is 4.74. The number of hydrogen-bond donors (Lipinski definition) is 1. The Balaban J connectivity index is 1.92. The first-order valence-corrected chi connectivity index (χ1v) is 5.72. The number of piperidine rings is 1. The fourth-order valence-electron chi connectivity index (χ4n) is 2.43. The van der Waals surface area contributed by atoms with Crippen LogP contribution in [-0.2, 0) is 9.59 Å². The van der Waals surface area contributed by atoms with Crippen LogP contribution in [0.2, 0.25) is 0 Å². The maximum absolute atomic E-state index is 12.0. The zero-order valence-corrected chi connectivity index (χ0v) is 9.16. The van der Waals surface area contributed by atoms with E-state index in [2.05, 4.69) is 12.2 Å². The first-order chi connectivity index (χ1) is 7.16. The van der Waals surface area contributed by atoms with Crippen molar-refractivity contribution in [3.8, 4) is 0 Å². The van der Waals surface area contributed by atoms with Crippen LogP contribution >= 0.6 is 0 Å². The molecule has 2 aliphatic heterocycles. The summed E-state index contributed by atoms with van der Waals surface area (Å²) in [7, 11) is 0. The lowest BCUT2D eigenvalue weighted by atomic mass is 9.98. The second kappa shape index (κ2) is 4.21. The van der Waals surface area contributed by atoms with Gasteiger partial charge in [-0.1, -0.05) is 6.92 Å². The Labute approximate surface area is 90.0 Å². The minimum atomic E-state index is -0.109. The third kappa shape index (κ3) is 2.30. The van der Waals surface area contributed by atoms with Gasteiger partial charge in [0.2, 0.25) is 11.8 Å². The van der Waals surface area contributed by atoms with Crippen molar-refractivity contribution in [2.75, 3.05) is 19.6 Å². The Bertz CT molecular complexity index is 278. The average Bonchev–Trinajstić information content (AvgIpc) is 2.64. The van der Waals surface area contributed by atoms with Crippen molar-refractivity contribution >= 4 is 11.8 Å². The van der Waals surface area contributed by atoms with Crippen molar-refractivity contribution in [2.45, 2.75) is 26.2 Å². The van der Waals surface area contributed by atoms with E-state index < -0.39 is 0 Å². The molecule has 1 N–H and O–H groups in total. The maximum Gasteiger partial charge on any atom is 0.227 e. The number of nitrogens with zero attached hydrogens (tertiary/aromatic N) is 1. The monoisotopic (exact) mass is 210 g/mol. The molecule has 15 heavy (non-hydrogen) atoms. The van der Waals surface area contributed by atoms with E-state index in [1.165, 1.54) is 6.42 Å². The highest BCUT2D eigenvalue weighted by molar-refractivity contribution is 5.89. The summed E-state index contributed by atoms with van der Waals surface area (Å²) in [5, 5.41) is 2.71. The lowest BCUT2D eigenvalue weighted by molar-refractivity contribution is -0.137. The van der Waals surface area contributed by atoms with Gasteiger partial charge in [0.25, 0.3) is 0 Å². The van der Waals surface area contributed by atoms with Crippen molar-refractivity contribution in [3.05, 3.63) is 0 Å². The molecule has 4 heteroatoms. The van der Waals surface area contributed by atoms with Gasteiger partial charge < -0.3 is 10.2 Å². The fraction of sp³-hybridized carbons (Fsp3) is 0.818. The molecule has 0 bridgehead atoms. The van der Waals surface area contributed by atoms with Crippen LogP contribution in [0, 0.1) is 11.8 Å². The average molecular weight is 210 g/mol. The number of hydrogen-bond acceptors (Lipinski definition) is 2. The van der Waals surface area contributed by atoms with Gasteiger partial charge in [0.1, 0.15) is 0 Å². The first kappa shape index (κ1) is 10.5. The Hall–Kier alpha value is -1.06. The molecule has 2 atom stereocenters. The van der Waals surface area contributed by atoms with E-state index in [1.54, 1.807) is 0 Å². The highest BCUT2D eigenvalue weighted by Gasteiger charge is 2.32. The van der Waals surface area contributed by atoms with Crippen molar-refractivity contribution < 1.29 is 9.59 Å². The van der Waals surface area contributed by atoms with E-state index in [0.717, 1.165) is 19.5 Å². The molecular weight excluding hydrogens is 192 g/mol. The summed E-state index contributed by atoms with van der Waals surface area (Å²) < 4.78 is 0. The molecule has 0 saturated carbocycles. The number of rotatable bonds is 1. The predicted molar refractivity (Wildman–Crippen MR) is 56.1 cm³/mol. The maximum atomic E-state index is 12.0. The van der Waals surface area contributed by atoms with Crippen LogP contribution in [0.25, 0.3) is 0 Å². The zero-order valence-electron chi connectivity index (χ0n) is 9.16. The predicted octanol–water partition coefficient (Wildman–Crippen LogP) is 0.381. The number of amides is 2. The highest BCUT2D eigenvalue weighted by atomic mass is 16.2. The van der Waals surface area contributed by atoms with Gasteiger partial charge >= 0.3 is 0 Å². The van der Waals surface area contributed by atoms with Gasteiger partial charge in [0, 0.05) is 26.1 Å². The highest BCUT2D eigenvalue weighted by Crippen LogP contribution is 2.20. The van der Waals surface area contributed by atoms with E-state index in [9.17, 15) is 9.59 Å². The van der Waals surface area contributed by atoms with Crippen LogP contribution in [0.3, 0.4) is 0 Å². The van der Waals surface area contributed by atoms with Crippen LogP contribution in [0.4, 0.5) is 0 Å². The molecule has 2 heterocycles. The lowest BCUT2D eigenvalue weighted by Gasteiger charge is -2.32. The summed E-state index contributed by atoms with van der Waals surface area (Å²) in [5.74, 6) is 0.675. The van der Waals surface area contributed by atoms with Gasteiger partial charge in [0.15, 0.2) is 0 Å². The van der Waals surface area contributed by atoms with E-state index in [4.69, 9.17) is 0 Å². The van der Waals surface area contributed by atoms with Crippen molar-refractivity contribution in [2.24, 2.45) is 11.8 Å². The van der Waals surface area contributed by atoms with E-state index >= 15 is 0 Å². The fourth-order valence-corrected chi connectivity index (χ4v) is 2.43. The molecule has 2 aliphatic rings. The van der Waals surface area contributed by atoms with Crippen molar-refractivity contribution in [1.82, 2.24) is 10.2 Å². The molecular formula is C11H18N2O2. The molecule has 0 aromatic rings. The van der Waals surface area contributed by atoms with E-state index in [0.29, 0.717) is 18.9 Å². The summed E-state index contributed by atoms with van der Waals surface area (Å²) in [4.78, 5) is 25.0. The molecule has 2 fully saturated rings. The van der Waals surface area contributed by atoms with Crippen molar-refractivity contribution in [3.63, 3.8) is 0 Å². The molecule has 2 rings (SSSR count). The first-order valence-electron chi connectivity index (χ1n) is 5.72. The standard InChI is InChI=1S/C11H18N2O2/c1-8-3-2-4-13(7-8)11(15)9-5-10(14)12-6-9/h8-9H,2-7H2,1H3,(H,12,14). The SMILES string of the molecule is CC1CCCN(C(=O)C2CNC(=O)C2)C1. The number of nitrogens with one attached hydrogen (secondary N) is 1. The molecule has 0 radical (unpaired) electrons. The molecule has 4 nitrogen and oxygen atoms in total. The third-order valence-corrected chi connectivity index (χ3v) is 3.30. The normalized spacial score (nSPS) is 31.5. The Morgan fingerprint density at radius 3 is 2.93 bits per heavy atom. The minimum Gasteiger partial charge on any atom is -0.355 e. The summed E-state index contributed by atoms with van der Waals surface area (Å²) >= 11 is 0. The molecule has 0 aromatic heterocycles. The number of carbonyl (C=O) groups excluding carboxylic acids is 2. The summed E-state index contributed by atoms with van der Waals surface area (Å²) in [6, 6.07) is 0. The third-order valence-electron chi connectivity index (χ3n) is 3.30. The Morgan fingerprint density at radius 2 is 2.33 bits per heavy atom. The minimum absolute atomic E-state index is 0.0124. The lowest BCUT2D eigenvalue weighted by Crippen LogP contribution is -2.42. The van der Waals surface area contributed by atoms with Gasteiger partial charge in [-0.2, -0.15) is 0 Å². The smallest absolute Gasteiger partial charge is 0.227 e. The Kier molecular flexibility index (Phi) is 2.93. The largest absolute Gasteiger partial charge is 0.355 e. The molecule has 0 aliphatic carbocycles. The van der Waals surface area contributed by atoms with Gasteiger partial charge in [-0.15, -0.1) is 0 Å². The van der Waals surface area contributed by atoms with Crippen LogP contribution < -0.4 is 5.32 Å². The van der Waals surface area contributed by atoms with Crippen LogP contribution in [0.15, 0.2) is 0 Å². The van der Waals surface area contributed by atoms with E-state index in [-0.39, 0.29) is 17.7 Å². The van der Waals surface area contributed by atoms with E-state index in [1.807, 2.05) is 4.90 Å². The second-order valence-corrected chi connectivity index (χ2v) is 4.74. The van der Waals surface area contributed by atoms with Crippen molar-refractivity contribution in [1.29, 1.82) is 0 Å². The molecule has 2 saturated heterocycles.